The van der Waals surface area contributed by atoms with Crippen LogP contribution in [-0.2, 0) is 17.8 Å². The summed E-state index contributed by atoms with van der Waals surface area (Å²) in [4.78, 5) is 10.6. The molecule has 4 heteroatoms. The van der Waals surface area contributed by atoms with Crippen LogP contribution < -0.4 is 4.74 Å². The number of benzene rings is 2. The number of carboxylic acids is 1. The largest absolute Gasteiger partial charge is 0.489 e. The monoisotopic (exact) mass is 290 g/mol. The van der Waals surface area contributed by atoms with Crippen molar-refractivity contribution in [2.75, 3.05) is 0 Å². The standard InChI is InChI=1S/C16H15ClO3/c1-11-8-14(17)6-7-15(11)20-10-13-4-2-12(3-5-13)9-16(18)19/h2-8H,9-10H2,1H3,(H,18,19). The van der Waals surface area contributed by atoms with Gasteiger partial charge in [-0.25, -0.2) is 0 Å². The lowest BCUT2D eigenvalue weighted by Gasteiger charge is -2.09. The van der Waals surface area contributed by atoms with Crippen LogP contribution in [0.15, 0.2) is 42.5 Å². The van der Waals surface area contributed by atoms with Gasteiger partial charge in [0.2, 0.25) is 0 Å². The molecule has 0 atom stereocenters. The van der Waals surface area contributed by atoms with Gasteiger partial charge in [0.05, 0.1) is 6.42 Å². The molecule has 104 valence electrons. The van der Waals surface area contributed by atoms with Crippen molar-refractivity contribution in [2.45, 2.75) is 20.0 Å². The molecule has 2 rings (SSSR count). The second kappa shape index (κ2) is 6.44. The third kappa shape index (κ3) is 4.00. The smallest absolute Gasteiger partial charge is 0.307 e. The predicted octanol–water partition coefficient (Wildman–Crippen LogP) is 3.85. The van der Waals surface area contributed by atoms with Crippen LogP contribution in [0.1, 0.15) is 16.7 Å². The first kappa shape index (κ1) is 14.4. The summed E-state index contributed by atoms with van der Waals surface area (Å²) in [7, 11) is 0. The zero-order valence-corrected chi connectivity index (χ0v) is 11.9. The maximum absolute atomic E-state index is 10.6. The fraction of sp³-hybridized carbons (Fsp3) is 0.188. The van der Waals surface area contributed by atoms with E-state index in [9.17, 15) is 4.79 Å². The van der Waals surface area contributed by atoms with E-state index in [2.05, 4.69) is 0 Å². The number of hydrogen-bond acceptors (Lipinski definition) is 2. The Morgan fingerprint density at radius 3 is 2.40 bits per heavy atom. The van der Waals surface area contributed by atoms with Crippen LogP contribution in [0.3, 0.4) is 0 Å². The first-order valence-corrected chi connectivity index (χ1v) is 6.61. The summed E-state index contributed by atoms with van der Waals surface area (Å²) >= 11 is 5.89. The van der Waals surface area contributed by atoms with Gasteiger partial charge in [0, 0.05) is 5.02 Å². The van der Waals surface area contributed by atoms with Crippen LogP contribution >= 0.6 is 11.6 Å². The molecule has 0 heterocycles. The van der Waals surface area contributed by atoms with Crippen LogP contribution in [0.2, 0.25) is 5.02 Å². The van der Waals surface area contributed by atoms with Crippen LogP contribution in [0.4, 0.5) is 0 Å². The van der Waals surface area contributed by atoms with Crippen LogP contribution in [0.25, 0.3) is 0 Å². The summed E-state index contributed by atoms with van der Waals surface area (Å²) in [6.45, 7) is 2.38. The molecule has 0 spiro atoms. The van der Waals surface area contributed by atoms with Crippen LogP contribution in [-0.4, -0.2) is 11.1 Å². The molecule has 0 radical (unpaired) electrons. The molecule has 0 saturated carbocycles. The van der Waals surface area contributed by atoms with Crippen molar-refractivity contribution in [1.29, 1.82) is 0 Å². The number of ether oxygens (including phenoxy) is 1. The number of aliphatic carboxylic acids is 1. The molecule has 1 N–H and O–H groups in total. The summed E-state index contributed by atoms with van der Waals surface area (Å²) < 4.78 is 5.72. The van der Waals surface area contributed by atoms with E-state index in [-0.39, 0.29) is 6.42 Å². The molecular formula is C16H15ClO3. The van der Waals surface area contributed by atoms with E-state index in [1.54, 1.807) is 6.07 Å². The van der Waals surface area contributed by atoms with Gasteiger partial charge in [0.1, 0.15) is 12.4 Å². The number of carbonyl (C=O) groups is 1. The van der Waals surface area contributed by atoms with Gasteiger partial charge < -0.3 is 9.84 Å². The van der Waals surface area contributed by atoms with E-state index in [4.69, 9.17) is 21.4 Å². The van der Waals surface area contributed by atoms with E-state index in [0.717, 1.165) is 22.4 Å². The molecule has 0 amide bonds. The maximum atomic E-state index is 10.6. The lowest BCUT2D eigenvalue weighted by molar-refractivity contribution is -0.136. The SMILES string of the molecule is Cc1cc(Cl)ccc1OCc1ccc(CC(=O)O)cc1. The van der Waals surface area contributed by atoms with Crippen molar-refractivity contribution >= 4 is 17.6 Å². The molecule has 0 aliphatic heterocycles. The van der Waals surface area contributed by atoms with Crippen molar-refractivity contribution in [3.63, 3.8) is 0 Å². The van der Waals surface area contributed by atoms with Gasteiger partial charge >= 0.3 is 5.97 Å². The first-order chi connectivity index (χ1) is 9.54. The number of aryl methyl sites for hydroxylation is 1. The molecule has 20 heavy (non-hydrogen) atoms. The lowest BCUT2D eigenvalue weighted by atomic mass is 10.1. The van der Waals surface area contributed by atoms with E-state index in [1.807, 2.05) is 43.3 Å². The highest BCUT2D eigenvalue weighted by Crippen LogP contribution is 2.22. The normalized spacial score (nSPS) is 10.3. The minimum Gasteiger partial charge on any atom is -0.489 e. The minimum atomic E-state index is -0.828. The van der Waals surface area contributed by atoms with E-state index >= 15 is 0 Å². The Bertz CT molecular complexity index is 606. The van der Waals surface area contributed by atoms with Crippen molar-refractivity contribution < 1.29 is 14.6 Å². The Labute approximate surface area is 122 Å². The number of carboxylic acid groups (broad SMARTS) is 1. The highest BCUT2D eigenvalue weighted by atomic mass is 35.5. The van der Waals surface area contributed by atoms with Gasteiger partial charge in [-0.3, -0.25) is 4.79 Å². The van der Waals surface area contributed by atoms with Gasteiger partial charge in [0.25, 0.3) is 0 Å². The minimum absolute atomic E-state index is 0.0391. The molecule has 0 saturated heterocycles. The Morgan fingerprint density at radius 1 is 1.15 bits per heavy atom. The Hall–Kier alpha value is -2.00. The summed E-state index contributed by atoms with van der Waals surface area (Å²) in [6, 6.07) is 12.9. The topological polar surface area (TPSA) is 46.5 Å². The second-order valence-corrected chi connectivity index (χ2v) is 5.02. The molecule has 0 aromatic heterocycles. The van der Waals surface area contributed by atoms with E-state index in [0.29, 0.717) is 11.6 Å². The summed E-state index contributed by atoms with van der Waals surface area (Å²) in [5, 5.41) is 9.39. The average Bonchev–Trinajstić information content (AvgIpc) is 2.39. The van der Waals surface area contributed by atoms with Gasteiger partial charge in [-0.2, -0.15) is 0 Å². The number of halogens is 1. The van der Waals surface area contributed by atoms with Gasteiger partial charge in [-0.1, -0.05) is 35.9 Å². The molecule has 0 aliphatic rings. The summed E-state index contributed by atoms with van der Waals surface area (Å²) in [5.74, 6) is -0.0326. The maximum Gasteiger partial charge on any atom is 0.307 e. The number of hydrogen-bond donors (Lipinski definition) is 1. The molecule has 0 aliphatic carbocycles. The van der Waals surface area contributed by atoms with Crippen molar-refractivity contribution in [3.05, 3.63) is 64.2 Å². The van der Waals surface area contributed by atoms with Crippen LogP contribution in [0, 0.1) is 6.92 Å². The molecule has 3 nitrogen and oxygen atoms in total. The highest BCUT2D eigenvalue weighted by molar-refractivity contribution is 6.30. The summed E-state index contributed by atoms with van der Waals surface area (Å²) in [5.41, 5.74) is 2.76. The van der Waals surface area contributed by atoms with Gasteiger partial charge in [-0.15, -0.1) is 0 Å². The highest BCUT2D eigenvalue weighted by Gasteiger charge is 2.03. The zero-order valence-electron chi connectivity index (χ0n) is 11.1. The van der Waals surface area contributed by atoms with Crippen molar-refractivity contribution in [1.82, 2.24) is 0 Å². The summed E-state index contributed by atoms with van der Waals surface area (Å²) in [6.07, 6.45) is 0.0391. The molecular weight excluding hydrogens is 276 g/mol. The quantitative estimate of drug-likeness (QED) is 0.909. The molecule has 0 bridgehead atoms. The lowest BCUT2D eigenvalue weighted by Crippen LogP contribution is -2.01. The third-order valence-corrected chi connectivity index (χ3v) is 3.14. The second-order valence-electron chi connectivity index (χ2n) is 4.59. The molecule has 0 unspecified atom stereocenters. The van der Waals surface area contributed by atoms with Crippen molar-refractivity contribution in [3.8, 4) is 5.75 Å². The zero-order chi connectivity index (χ0) is 14.5. The van der Waals surface area contributed by atoms with Gasteiger partial charge in [0.15, 0.2) is 0 Å². The number of rotatable bonds is 5. The predicted molar refractivity (Wildman–Crippen MR) is 78.3 cm³/mol. The van der Waals surface area contributed by atoms with E-state index in [1.165, 1.54) is 0 Å². The Kier molecular flexibility index (Phi) is 4.64. The average molecular weight is 291 g/mol. The van der Waals surface area contributed by atoms with Gasteiger partial charge in [-0.05, 0) is 41.8 Å². The molecule has 2 aromatic rings. The fourth-order valence-electron chi connectivity index (χ4n) is 1.86. The van der Waals surface area contributed by atoms with E-state index < -0.39 is 5.97 Å². The fourth-order valence-corrected chi connectivity index (χ4v) is 2.09. The first-order valence-electron chi connectivity index (χ1n) is 6.23. The molecule has 0 fully saturated rings. The molecule has 2 aromatic carbocycles. The third-order valence-electron chi connectivity index (χ3n) is 2.91. The van der Waals surface area contributed by atoms with Crippen molar-refractivity contribution in [2.24, 2.45) is 0 Å². The Morgan fingerprint density at radius 2 is 1.80 bits per heavy atom. The van der Waals surface area contributed by atoms with Crippen LogP contribution in [0.5, 0.6) is 5.75 Å². The Balaban J connectivity index is 1.98.